The zero-order valence-electron chi connectivity index (χ0n) is 36.2. The van der Waals surface area contributed by atoms with Crippen molar-refractivity contribution in [3.8, 4) is 22.5 Å². The van der Waals surface area contributed by atoms with Gasteiger partial charge in [0.05, 0.1) is 49.7 Å². The monoisotopic (exact) mass is 892 g/mol. The zero-order chi connectivity index (χ0) is 45.2. The zero-order valence-corrected chi connectivity index (χ0v) is 36.2. The summed E-state index contributed by atoms with van der Waals surface area (Å²) in [6.45, 7) is 1.91. The molecule has 0 spiro atoms. The number of cyclic esters (lactones) is 2. The number of hydrogen-bond acceptors (Lipinski definition) is 10. The van der Waals surface area contributed by atoms with Gasteiger partial charge in [-0.15, -0.1) is 10.2 Å². The number of amides is 4. The van der Waals surface area contributed by atoms with Crippen molar-refractivity contribution in [2.75, 3.05) is 26.3 Å². The summed E-state index contributed by atoms with van der Waals surface area (Å²) in [5, 5.41) is 17.9. The molecule has 16 heteroatoms. The molecule has 334 valence electrons. The van der Waals surface area contributed by atoms with E-state index in [4.69, 9.17) is 9.47 Å². The third-order valence-corrected chi connectivity index (χ3v) is 13.8. The van der Waals surface area contributed by atoms with E-state index in [1.165, 1.54) is 0 Å². The van der Waals surface area contributed by atoms with Gasteiger partial charge in [-0.25, -0.2) is 19.0 Å². The van der Waals surface area contributed by atoms with Crippen molar-refractivity contribution in [3.63, 3.8) is 0 Å². The van der Waals surface area contributed by atoms with Gasteiger partial charge in [0.1, 0.15) is 36.7 Å². The van der Waals surface area contributed by atoms with Crippen LogP contribution in [0.1, 0.15) is 64.0 Å². The van der Waals surface area contributed by atoms with Crippen LogP contribution >= 0.6 is 0 Å². The minimum atomic E-state index is -0.812. The van der Waals surface area contributed by atoms with E-state index in [9.17, 15) is 19.2 Å². The predicted octanol–water partition coefficient (Wildman–Crippen LogP) is 6.59. The molecule has 15 rings (SSSR count). The molecule has 4 fully saturated rings. The van der Waals surface area contributed by atoms with Gasteiger partial charge >= 0.3 is 12.2 Å². The van der Waals surface area contributed by atoms with Gasteiger partial charge in [-0.05, 0) is 39.8 Å². The van der Waals surface area contributed by atoms with E-state index in [1.54, 1.807) is 19.6 Å². The van der Waals surface area contributed by atoms with Gasteiger partial charge in [0, 0.05) is 24.2 Å². The highest BCUT2D eigenvalue weighted by Crippen LogP contribution is 2.46. The highest BCUT2D eigenvalue weighted by molar-refractivity contribution is 5.94. The average Bonchev–Trinajstić information content (AvgIpc) is 4.19. The first-order valence-electron chi connectivity index (χ1n) is 22.6. The van der Waals surface area contributed by atoms with E-state index in [1.807, 2.05) is 137 Å². The maximum Gasteiger partial charge on any atom is 0.411 e. The van der Waals surface area contributed by atoms with E-state index in [0.717, 1.165) is 44.5 Å². The molecule has 16 nitrogen and oxygen atoms in total. The van der Waals surface area contributed by atoms with Crippen molar-refractivity contribution in [3.05, 3.63) is 179 Å². The first-order valence-corrected chi connectivity index (χ1v) is 22.6. The Morgan fingerprint density at radius 3 is 1.33 bits per heavy atom. The molecule has 10 heterocycles. The second-order valence-corrected chi connectivity index (χ2v) is 17.7. The van der Waals surface area contributed by atoms with Gasteiger partial charge in [0.2, 0.25) is 11.8 Å². The number of β-lactam (4-membered cyclic amide) rings is 2. The fourth-order valence-corrected chi connectivity index (χ4v) is 10.5. The summed E-state index contributed by atoms with van der Waals surface area (Å²) in [6.07, 6.45) is 3.19. The van der Waals surface area contributed by atoms with E-state index in [2.05, 4.69) is 38.8 Å². The van der Waals surface area contributed by atoms with E-state index in [0.29, 0.717) is 44.0 Å². The molecule has 7 aromatic rings. The van der Waals surface area contributed by atoms with Crippen LogP contribution in [0.4, 0.5) is 9.59 Å². The largest absolute Gasteiger partial charge is 0.447 e. The number of carbonyl (C=O) groups is 4. The molecule has 5 aromatic carbocycles. The first kappa shape index (κ1) is 40.4. The Bertz CT molecular complexity index is 2820. The van der Waals surface area contributed by atoms with Crippen molar-refractivity contribution in [1.82, 2.24) is 49.6 Å². The summed E-state index contributed by atoms with van der Waals surface area (Å²) in [5.41, 5.74) is 8.66. The summed E-state index contributed by atoms with van der Waals surface area (Å²) in [4.78, 5) is 62.9. The second-order valence-electron chi connectivity index (χ2n) is 17.7. The maximum absolute atomic E-state index is 14.5. The van der Waals surface area contributed by atoms with Crippen molar-refractivity contribution in [2.24, 2.45) is 0 Å². The number of carbonyl (C=O) groups excluding carboxylic acids is 4. The van der Waals surface area contributed by atoms with E-state index < -0.39 is 48.4 Å². The average molecular weight is 893 g/mol. The summed E-state index contributed by atoms with van der Waals surface area (Å²) in [6, 6.07) is 39.8. The Hall–Kier alpha value is -8.14. The topological polar surface area (TPSA) is 161 Å². The van der Waals surface area contributed by atoms with Gasteiger partial charge < -0.3 is 19.3 Å². The van der Waals surface area contributed by atoms with Crippen molar-refractivity contribution < 1.29 is 28.7 Å². The standard InChI is InChI=1S/C51H44N10O6/c62-48-46(60-42(30-66-50(60)64)36-11-3-1-4-12-36)44-38-19-15-34(16-20-38)40-28-56(54-52-40)26-32-9-7-10-33(25-32)27-57-29-41(53-55-57)35-17-21-39(22-18-35)45-47(49(63)59(45)24-8-23-58(44)48)61-43(31-67-51(61)65)37-13-5-2-6-14-37/h1-7,9-22,25,28-29,42-47H,8,23-24,26-27,30-31H2/t42-,43-,44-,45-,46+,47+/m1/s1. The third kappa shape index (κ3) is 7.06. The molecule has 10 bridgehead atoms. The molecular weight excluding hydrogens is 849 g/mol. The van der Waals surface area contributed by atoms with Crippen LogP contribution in [-0.4, -0.2) is 112 Å². The SMILES string of the molecule is O=C1[C@@H](N2C(=O)OC[C@@H]2c2ccccc2)[C@H]2c3ccc(cc3)-c3cn(nn3)Cc3cccc(c3)Cn3cc(nn3)-c3ccc(cc3)[C@@H]3[C@H](N4C(=O)OC[C@@H]4c4ccccc4)C(=O)N3CCCN12. The molecule has 4 amide bonds. The Balaban J connectivity index is 0.901. The number of aromatic nitrogens is 6. The van der Waals surface area contributed by atoms with Gasteiger partial charge in [0.25, 0.3) is 0 Å². The lowest BCUT2D eigenvalue weighted by Gasteiger charge is -2.53. The van der Waals surface area contributed by atoms with Gasteiger partial charge in [-0.3, -0.25) is 19.4 Å². The van der Waals surface area contributed by atoms with Crippen LogP contribution in [0.5, 0.6) is 0 Å². The highest BCUT2D eigenvalue weighted by atomic mass is 16.6. The van der Waals surface area contributed by atoms with Crippen LogP contribution in [0.25, 0.3) is 22.5 Å². The van der Waals surface area contributed by atoms with Crippen LogP contribution in [0.3, 0.4) is 0 Å². The lowest BCUT2D eigenvalue weighted by Crippen LogP contribution is -2.67. The summed E-state index contributed by atoms with van der Waals surface area (Å²) in [7, 11) is 0. The molecule has 2 aromatic heterocycles. The fraction of sp³-hybridized carbons (Fsp3) is 0.255. The van der Waals surface area contributed by atoms with Crippen molar-refractivity contribution in [1.29, 1.82) is 0 Å². The normalized spacial score (nSPS) is 23.6. The van der Waals surface area contributed by atoms with Crippen LogP contribution < -0.4 is 0 Å². The fourth-order valence-electron chi connectivity index (χ4n) is 10.5. The van der Waals surface area contributed by atoms with Crippen LogP contribution in [-0.2, 0) is 32.2 Å². The minimum Gasteiger partial charge on any atom is -0.447 e. The van der Waals surface area contributed by atoms with Crippen molar-refractivity contribution >= 4 is 24.0 Å². The van der Waals surface area contributed by atoms with Crippen LogP contribution in [0.15, 0.2) is 146 Å². The van der Waals surface area contributed by atoms with Gasteiger partial charge in [-0.1, -0.05) is 144 Å². The Morgan fingerprint density at radius 1 is 0.463 bits per heavy atom. The van der Waals surface area contributed by atoms with Crippen LogP contribution in [0, 0.1) is 0 Å². The summed E-state index contributed by atoms with van der Waals surface area (Å²) < 4.78 is 14.9. The molecule has 4 saturated heterocycles. The molecule has 0 unspecified atom stereocenters. The smallest absolute Gasteiger partial charge is 0.411 e. The molecular formula is C51H44N10O6. The Labute approximate surface area is 384 Å². The number of hydrogen-bond donors (Lipinski definition) is 0. The minimum absolute atomic E-state index is 0.134. The maximum atomic E-state index is 14.5. The van der Waals surface area contributed by atoms with Crippen molar-refractivity contribution in [2.45, 2.75) is 55.8 Å². The summed E-state index contributed by atoms with van der Waals surface area (Å²) in [5.74, 6) is -0.396. The molecule has 0 N–H and O–H groups in total. The number of nitrogens with zero attached hydrogens (tertiary/aromatic N) is 10. The number of ether oxygens (including phenoxy) is 2. The van der Waals surface area contributed by atoms with E-state index in [-0.39, 0.29) is 25.0 Å². The molecule has 67 heavy (non-hydrogen) atoms. The first-order chi connectivity index (χ1) is 32.9. The quantitative estimate of drug-likeness (QED) is 0.176. The molecule has 8 aliphatic heterocycles. The Morgan fingerprint density at radius 2 is 0.896 bits per heavy atom. The second kappa shape index (κ2) is 16.4. The molecule has 0 saturated carbocycles. The number of benzene rings is 5. The molecule has 8 aliphatic rings. The van der Waals surface area contributed by atoms with E-state index >= 15 is 0 Å². The van der Waals surface area contributed by atoms with Gasteiger partial charge in [0.15, 0.2) is 0 Å². The summed E-state index contributed by atoms with van der Waals surface area (Å²) >= 11 is 0. The Kier molecular flexibility index (Phi) is 9.87. The molecule has 6 atom stereocenters. The lowest BCUT2D eigenvalue weighted by atomic mass is 9.84. The molecule has 0 aliphatic carbocycles. The van der Waals surface area contributed by atoms with Crippen LogP contribution in [0.2, 0.25) is 0 Å². The molecule has 0 radical (unpaired) electrons. The third-order valence-electron chi connectivity index (χ3n) is 13.8. The number of rotatable bonds is 4. The highest BCUT2D eigenvalue weighted by Gasteiger charge is 2.58. The van der Waals surface area contributed by atoms with Gasteiger partial charge in [-0.2, -0.15) is 0 Å². The predicted molar refractivity (Wildman–Crippen MR) is 241 cm³/mol. The lowest BCUT2D eigenvalue weighted by molar-refractivity contribution is -0.161.